The summed E-state index contributed by atoms with van der Waals surface area (Å²) < 4.78 is 10.5. The highest BCUT2D eigenvalue weighted by Gasteiger charge is 2.27. The zero-order chi connectivity index (χ0) is 17.0. The fourth-order valence-electron chi connectivity index (χ4n) is 2.90. The first-order chi connectivity index (χ1) is 10.8. The normalized spacial score (nSPS) is 16.3. The molecular formula is C18H28N2O3. The Morgan fingerprint density at radius 3 is 2.17 bits per heavy atom. The van der Waals surface area contributed by atoms with Crippen LogP contribution < -0.4 is 9.47 Å². The molecule has 1 saturated heterocycles. The quantitative estimate of drug-likeness (QED) is 0.853. The van der Waals surface area contributed by atoms with E-state index in [1.165, 1.54) is 0 Å². The Morgan fingerprint density at radius 2 is 1.65 bits per heavy atom. The van der Waals surface area contributed by atoms with Crippen molar-refractivity contribution in [1.29, 1.82) is 0 Å². The van der Waals surface area contributed by atoms with E-state index in [2.05, 4.69) is 25.7 Å². The number of amides is 1. The Balaban J connectivity index is 1.95. The summed E-state index contributed by atoms with van der Waals surface area (Å²) in [4.78, 5) is 16.9. The monoisotopic (exact) mass is 320 g/mol. The molecule has 1 fully saturated rings. The Bertz CT molecular complexity index is 544. The number of piperazine rings is 1. The molecule has 0 spiro atoms. The number of methoxy groups -OCH3 is 2. The lowest BCUT2D eigenvalue weighted by Gasteiger charge is -2.42. The fourth-order valence-corrected chi connectivity index (χ4v) is 2.90. The van der Waals surface area contributed by atoms with Gasteiger partial charge in [-0.05, 0) is 38.5 Å². The largest absolute Gasteiger partial charge is 0.493 e. The van der Waals surface area contributed by atoms with E-state index < -0.39 is 0 Å². The lowest BCUT2D eigenvalue weighted by molar-refractivity contribution is -0.133. The third-order valence-corrected chi connectivity index (χ3v) is 4.38. The minimum Gasteiger partial charge on any atom is -0.493 e. The van der Waals surface area contributed by atoms with Crippen molar-refractivity contribution in [2.75, 3.05) is 40.4 Å². The Labute approximate surface area is 139 Å². The van der Waals surface area contributed by atoms with Crippen LogP contribution >= 0.6 is 0 Å². The summed E-state index contributed by atoms with van der Waals surface area (Å²) in [6.45, 7) is 10.1. The minimum atomic E-state index is 0.165. The zero-order valence-electron chi connectivity index (χ0n) is 14.9. The van der Waals surface area contributed by atoms with Crippen LogP contribution in [0.3, 0.4) is 0 Å². The van der Waals surface area contributed by atoms with E-state index in [-0.39, 0.29) is 11.4 Å². The van der Waals surface area contributed by atoms with Crippen LogP contribution in [0.1, 0.15) is 26.3 Å². The highest BCUT2D eigenvalue weighted by Crippen LogP contribution is 2.28. The molecule has 0 bridgehead atoms. The van der Waals surface area contributed by atoms with Crippen molar-refractivity contribution < 1.29 is 14.3 Å². The topological polar surface area (TPSA) is 42.0 Å². The Hall–Kier alpha value is -1.75. The van der Waals surface area contributed by atoms with Crippen LogP contribution in [-0.2, 0) is 11.2 Å². The van der Waals surface area contributed by atoms with E-state index >= 15 is 0 Å². The van der Waals surface area contributed by atoms with Crippen molar-refractivity contribution in [2.45, 2.75) is 32.7 Å². The summed E-state index contributed by atoms with van der Waals surface area (Å²) >= 11 is 0. The maximum atomic E-state index is 12.5. The maximum Gasteiger partial charge on any atom is 0.227 e. The van der Waals surface area contributed by atoms with Gasteiger partial charge in [-0.15, -0.1) is 0 Å². The van der Waals surface area contributed by atoms with Crippen LogP contribution in [0, 0.1) is 0 Å². The number of hydrogen-bond donors (Lipinski definition) is 0. The smallest absolute Gasteiger partial charge is 0.227 e. The highest BCUT2D eigenvalue weighted by molar-refractivity contribution is 5.79. The zero-order valence-corrected chi connectivity index (χ0v) is 14.9. The second-order valence-electron chi connectivity index (χ2n) is 6.90. The molecule has 1 aromatic carbocycles. The van der Waals surface area contributed by atoms with Gasteiger partial charge in [0.15, 0.2) is 11.5 Å². The van der Waals surface area contributed by atoms with Gasteiger partial charge >= 0.3 is 0 Å². The van der Waals surface area contributed by atoms with E-state index in [1.54, 1.807) is 14.2 Å². The Morgan fingerprint density at radius 1 is 1.04 bits per heavy atom. The number of benzene rings is 1. The number of rotatable bonds is 4. The molecule has 5 nitrogen and oxygen atoms in total. The summed E-state index contributed by atoms with van der Waals surface area (Å²) in [6.07, 6.45) is 0.399. The summed E-state index contributed by atoms with van der Waals surface area (Å²) in [7, 11) is 3.21. The van der Waals surface area contributed by atoms with Crippen LogP contribution in [0.25, 0.3) is 0 Å². The van der Waals surface area contributed by atoms with Gasteiger partial charge in [0.1, 0.15) is 0 Å². The molecular weight excluding hydrogens is 292 g/mol. The van der Waals surface area contributed by atoms with E-state index in [0.29, 0.717) is 17.9 Å². The predicted molar refractivity (Wildman–Crippen MR) is 91.2 cm³/mol. The number of ether oxygens (including phenoxy) is 2. The first-order valence-electron chi connectivity index (χ1n) is 8.09. The standard InChI is InChI=1S/C18H28N2O3/c1-18(2,3)20-10-8-19(9-11-20)17(21)13-14-6-7-15(22-4)16(12-14)23-5/h6-7,12H,8-11,13H2,1-5H3. The fraction of sp³-hybridized carbons (Fsp3) is 0.611. The molecule has 2 rings (SSSR count). The molecule has 5 heteroatoms. The molecule has 1 heterocycles. The van der Waals surface area contributed by atoms with Gasteiger partial charge in [-0.25, -0.2) is 0 Å². The molecule has 128 valence electrons. The molecule has 0 saturated carbocycles. The SMILES string of the molecule is COc1ccc(CC(=O)N2CCN(C(C)(C)C)CC2)cc1OC. The van der Waals surface area contributed by atoms with Gasteiger partial charge in [0.25, 0.3) is 0 Å². The molecule has 0 N–H and O–H groups in total. The van der Waals surface area contributed by atoms with Gasteiger partial charge in [0.2, 0.25) is 5.91 Å². The lowest BCUT2D eigenvalue weighted by Crippen LogP contribution is -2.54. The first-order valence-corrected chi connectivity index (χ1v) is 8.09. The molecule has 23 heavy (non-hydrogen) atoms. The molecule has 1 aliphatic rings. The molecule has 0 aliphatic carbocycles. The van der Waals surface area contributed by atoms with Crippen LogP contribution in [0.5, 0.6) is 11.5 Å². The molecule has 0 atom stereocenters. The Kier molecular flexibility index (Phi) is 5.52. The van der Waals surface area contributed by atoms with Gasteiger partial charge in [-0.2, -0.15) is 0 Å². The van der Waals surface area contributed by atoms with Crippen molar-refractivity contribution in [3.63, 3.8) is 0 Å². The van der Waals surface area contributed by atoms with Crippen LogP contribution in [-0.4, -0.2) is 61.6 Å². The molecule has 1 amide bonds. The van der Waals surface area contributed by atoms with E-state index in [9.17, 15) is 4.79 Å². The third-order valence-electron chi connectivity index (χ3n) is 4.38. The van der Waals surface area contributed by atoms with Crippen molar-refractivity contribution >= 4 is 5.91 Å². The molecule has 1 aromatic rings. The average Bonchev–Trinajstić information content (AvgIpc) is 2.54. The minimum absolute atomic E-state index is 0.165. The average molecular weight is 320 g/mol. The van der Waals surface area contributed by atoms with Gasteiger partial charge in [-0.1, -0.05) is 6.07 Å². The van der Waals surface area contributed by atoms with E-state index in [1.807, 2.05) is 23.1 Å². The predicted octanol–water partition coefficient (Wildman–Crippen LogP) is 2.19. The summed E-state index contributed by atoms with van der Waals surface area (Å²) in [5.74, 6) is 1.52. The van der Waals surface area contributed by atoms with Crippen molar-refractivity contribution in [3.05, 3.63) is 23.8 Å². The van der Waals surface area contributed by atoms with Crippen molar-refractivity contribution in [3.8, 4) is 11.5 Å². The van der Waals surface area contributed by atoms with Crippen molar-refractivity contribution in [1.82, 2.24) is 9.80 Å². The van der Waals surface area contributed by atoms with Gasteiger partial charge in [0.05, 0.1) is 20.6 Å². The van der Waals surface area contributed by atoms with Gasteiger partial charge in [0, 0.05) is 31.7 Å². The van der Waals surface area contributed by atoms with Gasteiger partial charge in [-0.3, -0.25) is 9.69 Å². The van der Waals surface area contributed by atoms with E-state index in [0.717, 1.165) is 31.7 Å². The van der Waals surface area contributed by atoms with E-state index in [4.69, 9.17) is 9.47 Å². The van der Waals surface area contributed by atoms with Crippen LogP contribution in [0.15, 0.2) is 18.2 Å². The maximum absolute atomic E-state index is 12.5. The van der Waals surface area contributed by atoms with Gasteiger partial charge < -0.3 is 14.4 Å². The summed E-state index contributed by atoms with van der Waals surface area (Å²) in [5, 5.41) is 0. The first kappa shape index (κ1) is 17.6. The molecule has 0 aromatic heterocycles. The second kappa shape index (κ2) is 7.21. The summed E-state index contributed by atoms with van der Waals surface area (Å²) in [6, 6.07) is 5.64. The number of carbonyl (C=O) groups excluding carboxylic acids is 1. The lowest BCUT2D eigenvalue weighted by atomic mass is 10.0. The highest BCUT2D eigenvalue weighted by atomic mass is 16.5. The van der Waals surface area contributed by atoms with Crippen LogP contribution in [0.4, 0.5) is 0 Å². The molecule has 0 unspecified atom stereocenters. The van der Waals surface area contributed by atoms with Crippen molar-refractivity contribution in [2.24, 2.45) is 0 Å². The number of nitrogens with zero attached hydrogens (tertiary/aromatic N) is 2. The number of hydrogen-bond acceptors (Lipinski definition) is 4. The second-order valence-corrected chi connectivity index (χ2v) is 6.90. The third kappa shape index (κ3) is 4.38. The van der Waals surface area contributed by atoms with Crippen LogP contribution in [0.2, 0.25) is 0 Å². The summed E-state index contributed by atoms with van der Waals surface area (Å²) in [5.41, 5.74) is 1.12. The molecule has 1 aliphatic heterocycles. The molecule has 0 radical (unpaired) electrons. The number of carbonyl (C=O) groups is 1.